The molecule has 1 aliphatic heterocycles. The summed E-state index contributed by atoms with van der Waals surface area (Å²) in [6, 6.07) is 1.51. The number of nitrogens with zero attached hydrogens (tertiary/aromatic N) is 1. The van der Waals surface area contributed by atoms with E-state index in [9.17, 15) is 13.9 Å². The smallest absolute Gasteiger partial charge is 0.201 e. The molecular weight excluding hydrogens is 354 g/mol. The van der Waals surface area contributed by atoms with Crippen molar-refractivity contribution in [3.05, 3.63) is 27.7 Å². The van der Waals surface area contributed by atoms with Crippen LogP contribution >= 0.6 is 15.9 Å². The van der Waals surface area contributed by atoms with Gasteiger partial charge in [-0.2, -0.15) is 4.39 Å². The summed E-state index contributed by atoms with van der Waals surface area (Å²) < 4.78 is 27.7. The third kappa shape index (κ3) is 3.01. The van der Waals surface area contributed by atoms with E-state index in [1.165, 1.54) is 12.8 Å². The van der Waals surface area contributed by atoms with Crippen molar-refractivity contribution in [3.8, 4) is 5.75 Å². The maximum Gasteiger partial charge on any atom is 0.201 e. The highest BCUT2D eigenvalue weighted by Gasteiger charge is 2.35. The van der Waals surface area contributed by atoms with Crippen LogP contribution in [0.4, 0.5) is 8.78 Å². The Bertz CT molecular complexity index is 543. The Morgan fingerprint density at radius 2 is 1.82 bits per heavy atom. The maximum absolute atomic E-state index is 14.0. The third-order valence-electron chi connectivity index (χ3n) is 4.88. The molecule has 0 amide bonds. The van der Waals surface area contributed by atoms with E-state index in [0.29, 0.717) is 11.5 Å². The van der Waals surface area contributed by atoms with Crippen molar-refractivity contribution in [3.63, 3.8) is 0 Å². The predicted octanol–water partition coefficient (Wildman–Crippen LogP) is 3.57. The lowest BCUT2D eigenvalue weighted by Gasteiger charge is -2.39. The van der Waals surface area contributed by atoms with Crippen LogP contribution in [0.1, 0.15) is 37.3 Å². The number of phenols is 1. The molecule has 1 atom stereocenters. The van der Waals surface area contributed by atoms with Gasteiger partial charge in [0.15, 0.2) is 11.6 Å². The quantitative estimate of drug-likeness (QED) is 0.793. The molecule has 3 nitrogen and oxygen atoms in total. The lowest BCUT2D eigenvalue weighted by atomic mass is 9.89. The molecule has 2 N–H and O–H groups in total. The van der Waals surface area contributed by atoms with E-state index >= 15 is 0 Å². The number of benzene rings is 1. The van der Waals surface area contributed by atoms with Crippen LogP contribution in [0.2, 0.25) is 0 Å². The predicted molar refractivity (Wildman–Crippen MR) is 84.9 cm³/mol. The summed E-state index contributed by atoms with van der Waals surface area (Å²) >= 11 is 3.07. The fourth-order valence-electron chi connectivity index (χ4n) is 3.81. The minimum absolute atomic E-state index is 0.0454. The van der Waals surface area contributed by atoms with E-state index in [1.54, 1.807) is 6.07 Å². The van der Waals surface area contributed by atoms with E-state index in [2.05, 4.69) is 26.1 Å². The SMILES string of the molecule is Oc1c([C@H](C2CCCC2)N2CCNCC2)cc(Br)c(F)c1F. The molecule has 2 aliphatic rings. The first kappa shape index (κ1) is 16.1. The monoisotopic (exact) mass is 374 g/mol. The van der Waals surface area contributed by atoms with Crippen LogP contribution in [0, 0.1) is 17.6 Å². The molecule has 22 heavy (non-hydrogen) atoms. The standard InChI is InChI=1S/C16H21BrF2N2O/c17-12-9-11(16(22)14(19)13(12)18)15(10-3-1-2-4-10)21-7-5-20-6-8-21/h9-10,15,20,22H,1-8H2/t15-/m0/s1. The van der Waals surface area contributed by atoms with Crippen LogP contribution in [0.25, 0.3) is 0 Å². The molecule has 1 heterocycles. The summed E-state index contributed by atoms with van der Waals surface area (Å²) in [6.45, 7) is 3.48. The Morgan fingerprint density at radius 1 is 1.18 bits per heavy atom. The summed E-state index contributed by atoms with van der Waals surface area (Å²) in [6.07, 6.45) is 4.48. The molecule has 0 aromatic heterocycles. The van der Waals surface area contributed by atoms with Gasteiger partial charge >= 0.3 is 0 Å². The molecule has 0 bridgehead atoms. The number of hydrogen-bond donors (Lipinski definition) is 2. The molecule has 0 spiro atoms. The van der Waals surface area contributed by atoms with Gasteiger partial charge in [0.05, 0.1) is 4.47 Å². The van der Waals surface area contributed by atoms with Gasteiger partial charge in [0.2, 0.25) is 5.82 Å². The van der Waals surface area contributed by atoms with Gasteiger partial charge < -0.3 is 10.4 Å². The van der Waals surface area contributed by atoms with Crippen molar-refractivity contribution >= 4 is 15.9 Å². The number of phenolic OH excluding ortho intramolecular Hbond substituents is 1. The Morgan fingerprint density at radius 3 is 2.45 bits per heavy atom. The van der Waals surface area contributed by atoms with Crippen LogP contribution < -0.4 is 5.32 Å². The van der Waals surface area contributed by atoms with E-state index in [0.717, 1.165) is 39.0 Å². The first-order valence-electron chi connectivity index (χ1n) is 7.90. The van der Waals surface area contributed by atoms with E-state index < -0.39 is 17.4 Å². The Kier molecular flexibility index (Phi) is 5.00. The number of aromatic hydroxyl groups is 1. The Hall–Kier alpha value is -0.720. The van der Waals surface area contributed by atoms with Gasteiger partial charge in [0.25, 0.3) is 0 Å². The van der Waals surface area contributed by atoms with Crippen molar-refractivity contribution in [1.29, 1.82) is 0 Å². The highest BCUT2D eigenvalue weighted by molar-refractivity contribution is 9.10. The lowest BCUT2D eigenvalue weighted by molar-refractivity contribution is 0.122. The number of hydrogen-bond acceptors (Lipinski definition) is 3. The molecule has 1 aromatic carbocycles. The van der Waals surface area contributed by atoms with Crippen molar-refractivity contribution in [2.75, 3.05) is 26.2 Å². The highest BCUT2D eigenvalue weighted by Crippen LogP contribution is 2.44. The molecule has 0 unspecified atom stereocenters. The molecular formula is C16H21BrF2N2O. The van der Waals surface area contributed by atoms with Crippen molar-refractivity contribution in [2.45, 2.75) is 31.7 Å². The minimum Gasteiger partial charge on any atom is -0.505 e. The largest absolute Gasteiger partial charge is 0.505 e. The van der Waals surface area contributed by atoms with Gasteiger partial charge in [-0.05, 0) is 40.8 Å². The number of rotatable bonds is 3. The van der Waals surface area contributed by atoms with Gasteiger partial charge in [-0.3, -0.25) is 4.90 Å². The van der Waals surface area contributed by atoms with E-state index in [-0.39, 0.29) is 10.5 Å². The molecule has 122 valence electrons. The molecule has 3 rings (SSSR count). The van der Waals surface area contributed by atoms with Crippen LogP contribution in [-0.2, 0) is 0 Å². The fraction of sp³-hybridized carbons (Fsp3) is 0.625. The van der Waals surface area contributed by atoms with Crippen molar-refractivity contribution < 1.29 is 13.9 Å². The zero-order valence-electron chi connectivity index (χ0n) is 12.4. The Balaban J connectivity index is 2.01. The second-order valence-electron chi connectivity index (χ2n) is 6.20. The van der Waals surface area contributed by atoms with Crippen LogP contribution in [0.15, 0.2) is 10.5 Å². The second kappa shape index (κ2) is 6.81. The summed E-state index contributed by atoms with van der Waals surface area (Å²) in [4.78, 5) is 2.30. The average molecular weight is 375 g/mol. The fourth-order valence-corrected chi connectivity index (χ4v) is 4.23. The normalized spacial score (nSPS) is 22.1. The number of nitrogens with one attached hydrogen (secondary N) is 1. The van der Waals surface area contributed by atoms with Crippen LogP contribution in [0.3, 0.4) is 0 Å². The summed E-state index contributed by atoms with van der Waals surface area (Å²) in [7, 11) is 0. The minimum atomic E-state index is -1.15. The van der Waals surface area contributed by atoms with Gasteiger partial charge in [-0.15, -0.1) is 0 Å². The summed E-state index contributed by atoms with van der Waals surface area (Å²) in [5, 5.41) is 13.5. The van der Waals surface area contributed by atoms with Gasteiger partial charge in [-0.25, -0.2) is 4.39 Å². The first-order chi connectivity index (χ1) is 10.6. The number of halogens is 3. The molecule has 1 saturated carbocycles. The van der Waals surface area contributed by atoms with Crippen molar-refractivity contribution in [2.24, 2.45) is 5.92 Å². The topological polar surface area (TPSA) is 35.5 Å². The lowest BCUT2D eigenvalue weighted by Crippen LogP contribution is -2.46. The summed E-state index contributed by atoms with van der Waals surface area (Å²) in [5.41, 5.74) is 0.513. The number of piperazine rings is 1. The molecule has 0 radical (unpaired) electrons. The van der Waals surface area contributed by atoms with Crippen LogP contribution in [-0.4, -0.2) is 36.2 Å². The van der Waals surface area contributed by atoms with Crippen LogP contribution in [0.5, 0.6) is 5.75 Å². The van der Waals surface area contributed by atoms with Crippen molar-refractivity contribution in [1.82, 2.24) is 10.2 Å². The highest BCUT2D eigenvalue weighted by atomic mass is 79.9. The molecule has 2 fully saturated rings. The summed E-state index contributed by atoms with van der Waals surface area (Å²) in [5.74, 6) is -2.31. The van der Waals surface area contributed by atoms with Gasteiger partial charge in [-0.1, -0.05) is 12.8 Å². The average Bonchev–Trinajstić information content (AvgIpc) is 3.05. The molecule has 1 saturated heterocycles. The molecule has 1 aromatic rings. The molecule has 1 aliphatic carbocycles. The second-order valence-corrected chi connectivity index (χ2v) is 7.05. The third-order valence-corrected chi connectivity index (χ3v) is 5.45. The van der Waals surface area contributed by atoms with E-state index in [4.69, 9.17) is 0 Å². The van der Waals surface area contributed by atoms with Gasteiger partial charge in [0.1, 0.15) is 0 Å². The van der Waals surface area contributed by atoms with E-state index in [1.807, 2.05) is 0 Å². The maximum atomic E-state index is 14.0. The zero-order valence-corrected chi connectivity index (χ0v) is 14.0. The first-order valence-corrected chi connectivity index (χ1v) is 8.70. The molecule has 6 heteroatoms. The zero-order chi connectivity index (χ0) is 15.7. The Labute approximate surface area is 137 Å². The van der Waals surface area contributed by atoms with Gasteiger partial charge in [0, 0.05) is 37.8 Å².